The SMILES string of the molecule is COc1ccc(S(=O)(=O)Nc2ccc3c(c2)OCCN3CCN(C)C)c(F)c1. The molecule has 2 aromatic carbocycles. The van der Waals surface area contributed by atoms with Gasteiger partial charge in [0.1, 0.15) is 28.8 Å². The van der Waals surface area contributed by atoms with Gasteiger partial charge in [0.15, 0.2) is 0 Å². The fourth-order valence-corrected chi connectivity index (χ4v) is 4.04. The largest absolute Gasteiger partial charge is 0.497 e. The van der Waals surface area contributed by atoms with Gasteiger partial charge in [0.05, 0.1) is 25.0 Å². The maximum absolute atomic E-state index is 14.2. The highest BCUT2D eigenvalue weighted by atomic mass is 32.2. The van der Waals surface area contributed by atoms with E-state index in [-0.39, 0.29) is 5.75 Å². The van der Waals surface area contributed by atoms with E-state index in [9.17, 15) is 12.8 Å². The second kappa shape index (κ2) is 8.24. The number of fused-ring (bicyclic) bond motifs is 1. The quantitative estimate of drug-likeness (QED) is 0.757. The number of nitrogens with zero attached hydrogens (tertiary/aromatic N) is 2. The number of halogens is 1. The number of nitrogens with one attached hydrogen (secondary N) is 1. The second-order valence-corrected chi connectivity index (χ2v) is 8.37. The van der Waals surface area contributed by atoms with Crippen LogP contribution >= 0.6 is 0 Å². The Morgan fingerprint density at radius 2 is 2.04 bits per heavy atom. The molecule has 0 saturated heterocycles. The fourth-order valence-electron chi connectivity index (χ4n) is 2.93. The molecule has 0 unspecified atom stereocenters. The minimum atomic E-state index is -4.09. The summed E-state index contributed by atoms with van der Waals surface area (Å²) in [6, 6.07) is 8.69. The van der Waals surface area contributed by atoms with E-state index < -0.39 is 20.7 Å². The zero-order valence-corrected chi connectivity index (χ0v) is 16.9. The van der Waals surface area contributed by atoms with E-state index in [0.29, 0.717) is 18.0 Å². The molecular weight excluding hydrogens is 385 g/mol. The third-order valence-corrected chi connectivity index (χ3v) is 5.83. The van der Waals surface area contributed by atoms with Crippen molar-refractivity contribution in [2.45, 2.75) is 4.90 Å². The van der Waals surface area contributed by atoms with Gasteiger partial charge in [0.2, 0.25) is 0 Å². The normalized spacial score (nSPS) is 13.8. The van der Waals surface area contributed by atoms with Gasteiger partial charge in [-0.15, -0.1) is 0 Å². The fraction of sp³-hybridized carbons (Fsp3) is 0.368. The van der Waals surface area contributed by atoms with Crippen molar-refractivity contribution in [3.63, 3.8) is 0 Å². The lowest BCUT2D eigenvalue weighted by molar-refractivity contribution is 0.303. The molecule has 7 nitrogen and oxygen atoms in total. The lowest BCUT2D eigenvalue weighted by Crippen LogP contribution is -2.37. The summed E-state index contributed by atoms with van der Waals surface area (Å²) < 4.78 is 52.4. The predicted octanol–water partition coefficient (Wildman–Crippen LogP) is 2.40. The first-order chi connectivity index (χ1) is 13.3. The van der Waals surface area contributed by atoms with Crippen LogP contribution in [0, 0.1) is 5.82 Å². The van der Waals surface area contributed by atoms with Gasteiger partial charge < -0.3 is 19.3 Å². The molecule has 152 valence electrons. The number of methoxy groups -OCH3 is 1. The van der Waals surface area contributed by atoms with Crippen LogP contribution in [0.1, 0.15) is 0 Å². The number of benzene rings is 2. The Labute approximate surface area is 164 Å². The summed E-state index contributed by atoms with van der Waals surface area (Å²) in [6.45, 7) is 3.02. The van der Waals surface area contributed by atoms with Gasteiger partial charge in [-0.25, -0.2) is 12.8 Å². The number of hydrogen-bond donors (Lipinski definition) is 1. The molecule has 1 heterocycles. The van der Waals surface area contributed by atoms with E-state index >= 15 is 0 Å². The van der Waals surface area contributed by atoms with Crippen LogP contribution in [-0.4, -0.2) is 60.8 Å². The highest BCUT2D eigenvalue weighted by Crippen LogP contribution is 2.34. The molecular formula is C19H24FN3O4S. The summed E-state index contributed by atoms with van der Waals surface area (Å²) in [7, 11) is 1.32. The molecule has 0 aromatic heterocycles. The van der Waals surface area contributed by atoms with Crippen LogP contribution in [0.2, 0.25) is 0 Å². The molecule has 1 aliphatic heterocycles. The standard InChI is InChI=1S/C19H24FN3O4S/c1-22(2)8-9-23-10-11-27-18-12-14(4-6-17(18)23)21-28(24,25)19-7-5-15(26-3)13-16(19)20/h4-7,12-13,21H,8-11H2,1-3H3. The molecule has 28 heavy (non-hydrogen) atoms. The summed E-state index contributed by atoms with van der Waals surface area (Å²) >= 11 is 0. The number of anilines is 2. The highest BCUT2D eigenvalue weighted by molar-refractivity contribution is 7.92. The van der Waals surface area contributed by atoms with Crippen molar-refractivity contribution in [2.24, 2.45) is 0 Å². The predicted molar refractivity (Wildman–Crippen MR) is 106 cm³/mol. The van der Waals surface area contributed by atoms with Crippen molar-refractivity contribution in [3.05, 3.63) is 42.2 Å². The smallest absolute Gasteiger partial charge is 0.264 e. The topological polar surface area (TPSA) is 71.1 Å². The van der Waals surface area contributed by atoms with E-state index in [2.05, 4.69) is 14.5 Å². The molecule has 0 bridgehead atoms. The summed E-state index contributed by atoms with van der Waals surface area (Å²) in [5.41, 5.74) is 1.22. The third-order valence-electron chi connectivity index (χ3n) is 4.42. The molecule has 2 aromatic rings. The molecule has 0 fully saturated rings. The molecule has 0 radical (unpaired) electrons. The van der Waals surface area contributed by atoms with Gasteiger partial charge in [-0.3, -0.25) is 4.72 Å². The van der Waals surface area contributed by atoms with Crippen LogP contribution < -0.4 is 19.1 Å². The van der Waals surface area contributed by atoms with Crippen LogP contribution in [0.15, 0.2) is 41.3 Å². The van der Waals surface area contributed by atoms with Crippen molar-refractivity contribution in [1.82, 2.24) is 4.90 Å². The van der Waals surface area contributed by atoms with E-state index in [4.69, 9.17) is 9.47 Å². The molecule has 0 aliphatic carbocycles. The Morgan fingerprint density at radius 3 is 2.71 bits per heavy atom. The first kappa shape index (κ1) is 20.2. The highest BCUT2D eigenvalue weighted by Gasteiger charge is 2.22. The summed E-state index contributed by atoms with van der Waals surface area (Å²) in [4.78, 5) is 3.85. The van der Waals surface area contributed by atoms with Gasteiger partial charge in [0.25, 0.3) is 10.0 Å². The summed E-state index contributed by atoms with van der Waals surface area (Å²) in [5.74, 6) is -0.0345. The number of likely N-dealkylation sites (N-methyl/N-ethyl adjacent to an activating group) is 1. The molecule has 0 amide bonds. The molecule has 1 aliphatic rings. The van der Waals surface area contributed by atoms with Crippen molar-refractivity contribution < 1.29 is 22.3 Å². The molecule has 9 heteroatoms. The van der Waals surface area contributed by atoms with Crippen molar-refractivity contribution in [1.29, 1.82) is 0 Å². The van der Waals surface area contributed by atoms with Crippen LogP contribution in [0.4, 0.5) is 15.8 Å². The Kier molecular flexibility index (Phi) is 5.95. The van der Waals surface area contributed by atoms with Crippen molar-refractivity contribution in [3.8, 4) is 11.5 Å². The molecule has 0 atom stereocenters. The lowest BCUT2D eigenvalue weighted by Gasteiger charge is -2.32. The third kappa shape index (κ3) is 4.48. The van der Waals surface area contributed by atoms with Crippen LogP contribution in [0.25, 0.3) is 0 Å². The number of hydrogen-bond acceptors (Lipinski definition) is 6. The number of sulfonamides is 1. The molecule has 3 rings (SSSR count). The Bertz CT molecular complexity index is 950. The van der Waals surface area contributed by atoms with E-state index in [1.54, 1.807) is 12.1 Å². The monoisotopic (exact) mass is 409 g/mol. The molecule has 0 spiro atoms. The maximum atomic E-state index is 14.2. The zero-order chi connectivity index (χ0) is 20.3. The van der Waals surface area contributed by atoms with Crippen molar-refractivity contribution >= 4 is 21.4 Å². The van der Waals surface area contributed by atoms with E-state index in [1.165, 1.54) is 19.2 Å². The van der Waals surface area contributed by atoms with Gasteiger partial charge in [0, 0.05) is 25.2 Å². The minimum absolute atomic E-state index is 0.247. The van der Waals surface area contributed by atoms with Gasteiger partial charge in [-0.1, -0.05) is 0 Å². The Hall–Kier alpha value is -2.52. The van der Waals surface area contributed by atoms with Gasteiger partial charge in [-0.2, -0.15) is 0 Å². The number of ether oxygens (including phenoxy) is 2. The van der Waals surface area contributed by atoms with Crippen LogP contribution in [-0.2, 0) is 10.0 Å². The molecule has 0 saturated carbocycles. The van der Waals surface area contributed by atoms with Crippen molar-refractivity contribution in [2.75, 3.05) is 57.1 Å². The minimum Gasteiger partial charge on any atom is -0.497 e. The maximum Gasteiger partial charge on any atom is 0.264 e. The Balaban J connectivity index is 1.81. The summed E-state index contributed by atoms with van der Waals surface area (Å²) in [6.07, 6.45) is 0. The van der Waals surface area contributed by atoms with Crippen LogP contribution in [0.3, 0.4) is 0 Å². The number of rotatable bonds is 7. The second-order valence-electron chi connectivity index (χ2n) is 6.72. The van der Waals surface area contributed by atoms with Gasteiger partial charge in [-0.05, 0) is 38.4 Å². The lowest BCUT2D eigenvalue weighted by atomic mass is 10.2. The van der Waals surface area contributed by atoms with Gasteiger partial charge >= 0.3 is 0 Å². The Morgan fingerprint density at radius 1 is 1.25 bits per heavy atom. The van der Waals surface area contributed by atoms with Crippen LogP contribution in [0.5, 0.6) is 11.5 Å². The summed E-state index contributed by atoms with van der Waals surface area (Å²) in [5, 5.41) is 0. The zero-order valence-electron chi connectivity index (χ0n) is 16.1. The van der Waals surface area contributed by atoms with E-state index in [0.717, 1.165) is 31.4 Å². The van der Waals surface area contributed by atoms with E-state index in [1.807, 2.05) is 20.2 Å². The first-order valence-electron chi connectivity index (χ1n) is 8.83. The first-order valence-corrected chi connectivity index (χ1v) is 10.3. The average molecular weight is 409 g/mol. The average Bonchev–Trinajstić information content (AvgIpc) is 2.65. The molecule has 1 N–H and O–H groups in total.